The summed E-state index contributed by atoms with van der Waals surface area (Å²) in [5.41, 5.74) is 0. The Morgan fingerprint density at radius 2 is 1.81 bits per heavy atom. The summed E-state index contributed by atoms with van der Waals surface area (Å²) in [5, 5.41) is 3.50. The molecule has 0 saturated heterocycles. The van der Waals surface area contributed by atoms with Crippen LogP contribution in [0.5, 0.6) is 0 Å². The van der Waals surface area contributed by atoms with E-state index in [1.54, 1.807) is 0 Å². The van der Waals surface area contributed by atoms with Gasteiger partial charge in [-0.3, -0.25) is 0 Å². The molecular formula is C15H31N. The minimum absolute atomic E-state index is 0.789. The normalized spacial score (nSPS) is 19.1. The fourth-order valence-electron chi connectivity index (χ4n) is 2.99. The van der Waals surface area contributed by atoms with Crippen LogP contribution in [-0.2, 0) is 0 Å². The molecule has 1 saturated carbocycles. The Balaban J connectivity index is 2.01. The van der Waals surface area contributed by atoms with Crippen molar-refractivity contribution in [3.05, 3.63) is 0 Å². The lowest BCUT2D eigenvalue weighted by Crippen LogP contribution is -2.25. The van der Waals surface area contributed by atoms with Crippen molar-refractivity contribution in [2.75, 3.05) is 7.05 Å². The second kappa shape index (κ2) is 9.04. The highest BCUT2D eigenvalue weighted by Gasteiger charge is 2.16. The fraction of sp³-hybridized carbons (Fsp3) is 1.00. The second-order valence-electron chi connectivity index (χ2n) is 5.56. The number of nitrogens with one attached hydrogen (secondary N) is 1. The Hall–Kier alpha value is -0.0400. The third-order valence-electron chi connectivity index (χ3n) is 4.21. The van der Waals surface area contributed by atoms with E-state index < -0.39 is 0 Å². The molecule has 0 aromatic heterocycles. The second-order valence-corrected chi connectivity index (χ2v) is 5.56. The van der Waals surface area contributed by atoms with Crippen LogP contribution >= 0.6 is 0 Å². The minimum atomic E-state index is 0.789. The molecule has 1 aliphatic rings. The Kier molecular flexibility index (Phi) is 7.92. The molecule has 1 atom stereocenters. The van der Waals surface area contributed by atoms with E-state index in [-0.39, 0.29) is 0 Å². The van der Waals surface area contributed by atoms with Gasteiger partial charge in [0.15, 0.2) is 0 Å². The van der Waals surface area contributed by atoms with E-state index >= 15 is 0 Å². The average molecular weight is 225 g/mol. The first-order chi connectivity index (χ1) is 7.86. The first-order valence-electron chi connectivity index (χ1n) is 7.54. The Bertz CT molecular complexity index is 150. The van der Waals surface area contributed by atoms with Gasteiger partial charge in [-0.25, -0.2) is 0 Å². The summed E-state index contributed by atoms with van der Waals surface area (Å²) >= 11 is 0. The van der Waals surface area contributed by atoms with Crippen LogP contribution < -0.4 is 5.32 Å². The molecule has 1 nitrogen and oxygen atoms in total. The van der Waals surface area contributed by atoms with Crippen molar-refractivity contribution in [2.24, 2.45) is 5.92 Å². The topological polar surface area (TPSA) is 12.0 Å². The maximum atomic E-state index is 3.50. The summed E-state index contributed by atoms with van der Waals surface area (Å²) in [6.07, 6.45) is 15.9. The molecule has 0 bridgehead atoms. The average Bonchev–Trinajstić information content (AvgIpc) is 2.81. The van der Waals surface area contributed by atoms with Crippen LogP contribution in [0.1, 0.15) is 77.6 Å². The van der Waals surface area contributed by atoms with Gasteiger partial charge in [-0.15, -0.1) is 0 Å². The molecule has 1 N–H and O–H groups in total. The van der Waals surface area contributed by atoms with Gasteiger partial charge < -0.3 is 5.32 Å². The lowest BCUT2D eigenvalue weighted by Gasteiger charge is -2.18. The van der Waals surface area contributed by atoms with Gasteiger partial charge >= 0.3 is 0 Å². The highest BCUT2D eigenvalue weighted by atomic mass is 14.9. The van der Waals surface area contributed by atoms with E-state index in [4.69, 9.17) is 0 Å². The van der Waals surface area contributed by atoms with E-state index in [2.05, 4.69) is 19.3 Å². The van der Waals surface area contributed by atoms with Crippen LogP contribution in [-0.4, -0.2) is 13.1 Å². The van der Waals surface area contributed by atoms with Crippen molar-refractivity contribution in [1.82, 2.24) is 5.32 Å². The van der Waals surface area contributed by atoms with Crippen LogP contribution in [0, 0.1) is 5.92 Å². The minimum Gasteiger partial charge on any atom is -0.317 e. The van der Waals surface area contributed by atoms with Crippen LogP contribution in [0.4, 0.5) is 0 Å². The zero-order chi connectivity index (χ0) is 11.6. The Morgan fingerprint density at radius 1 is 1.06 bits per heavy atom. The largest absolute Gasteiger partial charge is 0.317 e. The number of hydrogen-bond acceptors (Lipinski definition) is 1. The Labute approximate surface area is 102 Å². The van der Waals surface area contributed by atoms with E-state index in [1.807, 2.05) is 0 Å². The molecule has 1 heteroatoms. The van der Waals surface area contributed by atoms with E-state index in [0.717, 1.165) is 12.0 Å². The van der Waals surface area contributed by atoms with E-state index in [1.165, 1.54) is 70.6 Å². The summed E-state index contributed by atoms with van der Waals surface area (Å²) in [6.45, 7) is 2.29. The molecule has 0 heterocycles. The molecule has 0 aliphatic heterocycles. The molecule has 0 amide bonds. The Morgan fingerprint density at radius 3 is 2.44 bits per heavy atom. The molecule has 0 spiro atoms. The van der Waals surface area contributed by atoms with Crippen molar-refractivity contribution in [3.63, 3.8) is 0 Å². The molecule has 1 fully saturated rings. The SMILES string of the molecule is CCCCCCC(CCC1CCCC1)NC. The highest BCUT2D eigenvalue weighted by Crippen LogP contribution is 2.29. The lowest BCUT2D eigenvalue weighted by molar-refractivity contribution is 0.395. The van der Waals surface area contributed by atoms with E-state index in [0.29, 0.717) is 0 Å². The van der Waals surface area contributed by atoms with Crippen molar-refractivity contribution in [3.8, 4) is 0 Å². The smallest absolute Gasteiger partial charge is 0.00641 e. The van der Waals surface area contributed by atoms with Gasteiger partial charge in [0, 0.05) is 6.04 Å². The molecule has 0 aromatic carbocycles. The number of rotatable bonds is 9. The molecule has 1 aliphatic carbocycles. The zero-order valence-electron chi connectivity index (χ0n) is 11.4. The van der Waals surface area contributed by atoms with Gasteiger partial charge in [-0.2, -0.15) is 0 Å². The summed E-state index contributed by atoms with van der Waals surface area (Å²) in [5.74, 6) is 1.06. The number of hydrogen-bond donors (Lipinski definition) is 1. The molecule has 1 rings (SSSR count). The maximum Gasteiger partial charge on any atom is 0.00641 e. The summed E-state index contributed by atoms with van der Waals surface area (Å²) in [6, 6.07) is 0.789. The monoisotopic (exact) mass is 225 g/mol. The van der Waals surface area contributed by atoms with Crippen molar-refractivity contribution in [1.29, 1.82) is 0 Å². The van der Waals surface area contributed by atoms with Gasteiger partial charge in [0.1, 0.15) is 0 Å². The fourth-order valence-corrected chi connectivity index (χ4v) is 2.99. The first-order valence-corrected chi connectivity index (χ1v) is 7.54. The number of unbranched alkanes of at least 4 members (excludes halogenated alkanes) is 3. The van der Waals surface area contributed by atoms with E-state index in [9.17, 15) is 0 Å². The van der Waals surface area contributed by atoms with Gasteiger partial charge in [0.2, 0.25) is 0 Å². The van der Waals surface area contributed by atoms with Crippen LogP contribution in [0.3, 0.4) is 0 Å². The van der Waals surface area contributed by atoms with Crippen molar-refractivity contribution >= 4 is 0 Å². The first kappa shape index (κ1) is 14.0. The molecule has 96 valence electrons. The maximum absolute atomic E-state index is 3.50. The van der Waals surface area contributed by atoms with Crippen LogP contribution in [0.2, 0.25) is 0 Å². The quantitative estimate of drug-likeness (QED) is 0.569. The van der Waals surface area contributed by atoms with Gasteiger partial charge in [-0.05, 0) is 32.2 Å². The third-order valence-corrected chi connectivity index (χ3v) is 4.21. The summed E-state index contributed by atoms with van der Waals surface area (Å²) in [7, 11) is 2.14. The third kappa shape index (κ3) is 5.89. The molecule has 1 unspecified atom stereocenters. The van der Waals surface area contributed by atoms with Gasteiger partial charge in [-0.1, -0.05) is 58.3 Å². The summed E-state index contributed by atoms with van der Waals surface area (Å²) in [4.78, 5) is 0. The predicted octanol–water partition coefficient (Wildman–Crippen LogP) is 4.52. The van der Waals surface area contributed by atoms with Gasteiger partial charge in [0.25, 0.3) is 0 Å². The van der Waals surface area contributed by atoms with Gasteiger partial charge in [0.05, 0.1) is 0 Å². The van der Waals surface area contributed by atoms with Crippen molar-refractivity contribution in [2.45, 2.75) is 83.6 Å². The van der Waals surface area contributed by atoms with Crippen molar-refractivity contribution < 1.29 is 0 Å². The highest BCUT2D eigenvalue weighted by molar-refractivity contribution is 4.72. The molecule has 16 heavy (non-hydrogen) atoms. The predicted molar refractivity (Wildman–Crippen MR) is 72.8 cm³/mol. The molecule has 0 aromatic rings. The summed E-state index contributed by atoms with van der Waals surface area (Å²) < 4.78 is 0. The molecule has 0 radical (unpaired) electrons. The zero-order valence-corrected chi connectivity index (χ0v) is 11.4. The van der Waals surface area contributed by atoms with Crippen LogP contribution in [0.25, 0.3) is 0 Å². The lowest BCUT2D eigenvalue weighted by atomic mass is 9.96. The van der Waals surface area contributed by atoms with Crippen LogP contribution in [0.15, 0.2) is 0 Å². The standard InChI is InChI=1S/C15H31N/c1-3-4-5-6-11-15(16-2)13-12-14-9-7-8-10-14/h14-16H,3-13H2,1-2H3. The molecular weight excluding hydrogens is 194 g/mol.